The van der Waals surface area contributed by atoms with E-state index < -0.39 is 11.2 Å². The Morgan fingerprint density at radius 2 is 1.83 bits per heavy atom. The Hall–Kier alpha value is -1.62. The Kier molecular flexibility index (Phi) is 4.32. The summed E-state index contributed by atoms with van der Waals surface area (Å²) in [6.07, 6.45) is 3.02. The highest BCUT2D eigenvalue weighted by atomic mass is 19.1. The van der Waals surface area contributed by atoms with Gasteiger partial charge in [-0.2, -0.15) is 0 Å². The van der Waals surface area contributed by atoms with Crippen LogP contribution in [-0.4, -0.2) is 33.8 Å². The van der Waals surface area contributed by atoms with E-state index >= 15 is 0 Å². The molecule has 1 amide bonds. The predicted molar refractivity (Wildman–Crippen MR) is 89.0 cm³/mol. The van der Waals surface area contributed by atoms with Crippen LogP contribution < -0.4 is 0 Å². The third kappa shape index (κ3) is 3.27. The number of hydrogen-bond donors (Lipinski definition) is 1. The lowest BCUT2D eigenvalue weighted by molar-refractivity contribution is -0.0978. The van der Waals surface area contributed by atoms with Gasteiger partial charge in [-0.05, 0) is 46.1 Å². The van der Waals surface area contributed by atoms with E-state index in [2.05, 4.69) is 0 Å². The Morgan fingerprint density at radius 3 is 2.38 bits per heavy atom. The molecule has 0 radical (unpaired) electrons. The second-order valence-electron chi connectivity index (χ2n) is 8.05. The second-order valence-corrected chi connectivity index (χ2v) is 8.05. The molecule has 2 aliphatic rings. The molecule has 132 valence electrons. The molecular weight excluding hydrogens is 309 g/mol. The van der Waals surface area contributed by atoms with E-state index in [4.69, 9.17) is 4.74 Å². The molecule has 2 atom stereocenters. The molecule has 1 aromatic rings. The monoisotopic (exact) mass is 335 g/mol. The molecule has 0 spiro atoms. The average molecular weight is 335 g/mol. The molecule has 24 heavy (non-hydrogen) atoms. The van der Waals surface area contributed by atoms with Gasteiger partial charge in [0.2, 0.25) is 0 Å². The first-order chi connectivity index (χ1) is 11.2. The number of fused-ring (bicyclic) bond motifs is 2. The van der Waals surface area contributed by atoms with Crippen molar-refractivity contribution in [2.75, 3.05) is 0 Å². The van der Waals surface area contributed by atoms with Gasteiger partial charge in [-0.1, -0.05) is 18.2 Å². The summed E-state index contributed by atoms with van der Waals surface area (Å²) in [5.74, 6) is -0.385. The fourth-order valence-corrected chi connectivity index (χ4v) is 4.10. The van der Waals surface area contributed by atoms with Crippen molar-refractivity contribution in [1.29, 1.82) is 0 Å². The third-order valence-electron chi connectivity index (χ3n) is 4.99. The molecule has 2 heterocycles. The average Bonchev–Trinajstić information content (AvgIpc) is 2.44. The Bertz CT molecular complexity index is 611. The number of benzene rings is 1. The normalized spacial score (nSPS) is 30.1. The number of rotatable bonds is 1. The minimum atomic E-state index is -1.22. The topological polar surface area (TPSA) is 49.8 Å². The number of hydrogen-bond acceptors (Lipinski definition) is 3. The predicted octanol–water partition coefficient (Wildman–Crippen LogP) is 3.97. The van der Waals surface area contributed by atoms with Crippen molar-refractivity contribution in [3.8, 4) is 0 Å². The number of halogens is 1. The molecule has 2 bridgehead atoms. The Balaban J connectivity index is 1.86. The summed E-state index contributed by atoms with van der Waals surface area (Å²) in [6, 6.07) is 6.16. The van der Waals surface area contributed by atoms with Gasteiger partial charge in [0, 0.05) is 30.5 Å². The van der Waals surface area contributed by atoms with E-state index in [0.29, 0.717) is 18.4 Å². The molecule has 3 rings (SSSR count). The van der Waals surface area contributed by atoms with E-state index in [9.17, 15) is 14.3 Å². The van der Waals surface area contributed by atoms with E-state index in [1.807, 2.05) is 20.8 Å². The van der Waals surface area contributed by atoms with Crippen LogP contribution >= 0.6 is 0 Å². The lowest BCUT2D eigenvalue weighted by atomic mass is 9.72. The van der Waals surface area contributed by atoms with E-state index in [-0.39, 0.29) is 24.0 Å². The van der Waals surface area contributed by atoms with E-state index in [0.717, 1.165) is 19.3 Å². The first-order valence-electron chi connectivity index (χ1n) is 8.68. The van der Waals surface area contributed by atoms with Crippen LogP contribution in [0.2, 0.25) is 0 Å². The van der Waals surface area contributed by atoms with Crippen molar-refractivity contribution >= 4 is 6.09 Å². The number of amides is 1. The zero-order chi connectivity index (χ0) is 17.5. The number of carbonyl (C=O) groups is 1. The van der Waals surface area contributed by atoms with Gasteiger partial charge in [0.25, 0.3) is 0 Å². The third-order valence-corrected chi connectivity index (χ3v) is 4.99. The van der Waals surface area contributed by atoms with Crippen molar-refractivity contribution in [3.05, 3.63) is 35.6 Å². The Labute approximate surface area is 142 Å². The first kappa shape index (κ1) is 17.2. The molecule has 1 N–H and O–H groups in total. The number of piperidine rings is 2. The fourth-order valence-electron chi connectivity index (χ4n) is 4.10. The molecule has 2 saturated heterocycles. The van der Waals surface area contributed by atoms with Crippen molar-refractivity contribution in [2.24, 2.45) is 0 Å². The molecule has 2 fully saturated rings. The maximum absolute atomic E-state index is 14.2. The van der Waals surface area contributed by atoms with Crippen LogP contribution in [0.25, 0.3) is 0 Å². The van der Waals surface area contributed by atoms with Crippen molar-refractivity contribution in [3.63, 3.8) is 0 Å². The Morgan fingerprint density at radius 1 is 1.25 bits per heavy atom. The highest BCUT2D eigenvalue weighted by molar-refractivity contribution is 5.69. The van der Waals surface area contributed by atoms with Crippen LogP contribution in [-0.2, 0) is 10.3 Å². The summed E-state index contributed by atoms with van der Waals surface area (Å²) in [4.78, 5) is 14.4. The zero-order valence-electron chi connectivity index (χ0n) is 14.6. The first-order valence-corrected chi connectivity index (χ1v) is 8.68. The molecule has 0 saturated carbocycles. The van der Waals surface area contributed by atoms with E-state index in [1.165, 1.54) is 6.07 Å². The highest BCUT2D eigenvalue weighted by Crippen LogP contribution is 2.45. The second kappa shape index (κ2) is 6.03. The van der Waals surface area contributed by atoms with E-state index in [1.54, 1.807) is 23.1 Å². The number of carbonyl (C=O) groups excluding carboxylic acids is 1. The van der Waals surface area contributed by atoms with Gasteiger partial charge >= 0.3 is 6.09 Å². The number of aliphatic hydroxyl groups is 1. The summed E-state index contributed by atoms with van der Waals surface area (Å²) in [6.45, 7) is 5.54. The minimum Gasteiger partial charge on any atom is -0.444 e. The van der Waals surface area contributed by atoms with Gasteiger partial charge < -0.3 is 14.7 Å². The molecule has 0 aromatic heterocycles. The summed E-state index contributed by atoms with van der Waals surface area (Å²) in [5, 5.41) is 11.1. The number of nitrogens with zero attached hydrogens (tertiary/aromatic N) is 1. The molecule has 1 aromatic carbocycles. The summed E-state index contributed by atoms with van der Waals surface area (Å²) in [5.41, 5.74) is -1.43. The SMILES string of the molecule is CC(C)(C)OC(=O)N1C2CCCC1CC(O)(c1ccccc1F)C2. The van der Waals surface area contributed by atoms with Crippen molar-refractivity contribution < 1.29 is 19.0 Å². The maximum Gasteiger partial charge on any atom is 0.410 e. The van der Waals surface area contributed by atoms with Crippen LogP contribution in [0.1, 0.15) is 58.4 Å². The maximum atomic E-state index is 14.2. The lowest BCUT2D eigenvalue weighted by Crippen LogP contribution is -2.59. The van der Waals surface area contributed by atoms with Gasteiger partial charge in [0.05, 0.1) is 5.60 Å². The standard InChI is InChI=1S/C19H26FNO3/c1-18(2,3)24-17(22)21-13-7-6-8-14(21)12-19(23,11-13)15-9-4-5-10-16(15)20/h4-5,9-10,13-14,23H,6-8,11-12H2,1-3H3. The molecule has 2 unspecified atom stereocenters. The zero-order valence-corrected chi connectivity index (χ0v) is 14.6. The van der Waals surface area contributed by atoms with Crippen molar-refractivity contribution in [2.45, 2.75) is 76.2 Å². The summed E-state index contributed by atoms with van der Waals surface area (Å²) < 4.78 is 19.8. The van der Waals surface area contributed by atoms with Crippen molar-refractivity contribution in [1.82, 2.24) is 4.90 Å². The number of ether oxygens (including phenoxy) is 1. The summed E-state index contributed by atoms with van der Waals surface area (Å²) in [7, 11) is 0. The largest absolute Gasteiger partial charge is 0.444 e. The van der Waals surface area contributed by atoms with Gasteiger partial charge in [-0.25, -0.2) is 9.18 Å². The fraction of sp³-hybridized carbons (Fsp3) is 0.632. The minimum absolute atomic E-state index is 0.114. The quantitative estimate of drug-likeness (QED) is 0.845. The van der Waals surface area contributed by atoms with Gasteiger partial charge in [-0.3, -0.25) is 0 Å². The molecule has 2 aliphatic heterocycles. The lowest BCUT2D eigenvalue weighted by Gasteiger charge is -2.51. The van der Waals surface area contributed by atoms with Gasteiger partial charge in [0.1, 0.15) is 11.4 Å². The van der Waals surface area contributed by atoms with Crippen LogP contribution in [0, 0.1) is 5.82 Å². The molecular formula is C19H26FNO3. The van der Waals surface area contributed by atoms with Gasteiger partial charge in [-0.15, -0.1) is 0 Å². The molecule has 0 aliphatic carbocycles. The molecule has 5 heteroatoms. The van der Waals surface area contributed by atoms with Gasteiger partial charge in [0.15, 0.2) is 0 Å². The van der Waals surface area contributed by atoms with Crippen LogP contribution in [0.4, 0.5) is 9.18 Å². The van der Waals surface area contributed by atoms with Crippen LogP contribution in [0.5, 0.6) is 0 Å². The smallest absolute Gasteiger partial charge is 0.410 e. The molecule has 4 nitrogen and oxygen atoms in total. The van der Waals surface area contributed by atoms with Crippen LogP contribution in [0.15, 0.2) is 24.3 Å². The highest BCUT2D eigenvalue weighted by Gasteiger charge is 2.49. The van der Waals surface area contributed by atoms with Crippen LogP contribution in [0.3, 0.4) is 0 Å². The summed E-state index contributed by atoms with van der Waals surface area (Å²) >= 11 is 0.